The van der Waals surface area contributed by atoms with Crippen molar-refractivity contribution in [2.45, 2.75) is 19.9 Å². The van der Waals surface area contributed by atoms with Gasteiger partial charge in [0.25, 0.3) is 0 Å². The van der Waals surface area contributed by atoms with Crippen LogP contribution in [0.15, 0.2) is 6.33 Å². The topological polar surface area (TPSA) is 81.4 Å². The van der Waals surface area contributed by atoms with E-state index in [1.807, 2.05) is 0 Å². The van der Waals surface area contributed by atoms with Crippen molar-refractivity contribution in [3.63, 3.8) is 0 Å². The Morgan fingerprint density at radius 2 is 2.44 bits per heavy atom. The molecule has 0 saturated carbocycles. The van der Waals surface area contributed by atoms with Gasteiger partial charge >= 0.3 is 11.9 Å². The van der Waals surface area contributed by atoms with E-state index in [1.165, 1.54) is 6.33 Å². The lowest BCUT2D eigenvalue weighted by molar-refractivity contribution is -0.147. The van der Waals surface area contributed by atoms with Crippen LogP contribution in [0.25, 0.3) is 0 Å². The molecule has 1 aromatic rings. The second-order valence-corrected chi connectivity index (χ2v) is 3.65. The third kappa shape index (κ3) is 1.66. The molecule has 1 N–H and O–H groups in total. The molecular formula is C10H12N2O4. The van der Waals surface area contributed by atoms with Crippen molar-refractivity contribution < 1.29 is 19.4 Å². The summed E-state index contributed by atoms with van der Waals surface area (Å²) >= 11 is 0. The summed E-state index contributed by atoms with van der Waals surface area (Å²) in [4.78, 5) is 26.1. The highest BCUT2D eigenvalue weighted by Crippen LogP contribution is 2.24. The largest absolute Gasteiger partial charge is 0.476 e. The Morgan fingerprint density at radius 1 is 1.69 bits per heavy atom. The predicted molar refractivity (Wildman–Crippen MR) is 53.0 cm³/mol. The number of hydrogen-bond donors (Lipinski definition) is 1. The molecule has 0 amide bonds. The fraction of sp³-hybridized carbons (Fsp3) is 0.500. The molecule has 0 fully saturated rings. The van der Waals surface area contributed by atoms with Gasteiger partial charge in [-0.15, -0.1) is 0 Å². The quantitative estimate of drug-likeness (QED) is 0.747. The van der Waals surface area contributed by atoms with Gasteiger partial charge < -0.3 is 14.4 Å². The Hall–Kier alpha value is -1.85. The van der Waals surface area contributed by atoms with Crippen molar-refractivity contribution in [3.8, 4) is 0 Å². The minimum Gasteiger partial charge on any atom is -0.476 e. The zero-order valence-electron chi connectivity index (χ0n) is 8.84. The maximum atomic E-state index is 11.5. The summed E-state index contributed by atoms with van der Waals surface area (Å²) in [6, 6.07) is 0. The molecule has 0 saturated heterocycles. The van der Waals surface area contributed by atoms with Crippen molar-refractivity contribution >= 4 is 11.9 Å². The third-order valence-corrected chi connectivity index (χ3v) is 2.63. The molecule has 0 spiro atoms. The van der Waals surface area contributed by atoms with Crippen LogP contribution in [0.1, 0.15) is 23.1 Å². The number of aromatic carboxylic acids is 1. The fourth-order valence-electron chi connectivity index (χ4n) is 1.91. The van der Waals surface area contributed by atoms with Crippen LogP contribution >= 0.6 is 0 Å². The Balaban J connectivity index is 2.15. The number of aromatic nitrogens is 2. The van der Waals surface area contributed by atoms with Crippen molar-refractivity contribution in [2.75, 3.05) is 6.61 Å². The van der Waals surface area contributed by atoms with E-state index in [0.717, 1.165) is 0 Å². The van der Waals surface area contributed by atoms with Crippen molar-refractivity contribution in [1.82, 2.24) is 9.55 Å². The van der Waals surface area contributed by atoms with Crippen LogP contribution in [-0.4, -0.2) is 33.2 Å². The van der Waals surface area contributed by atoms with Gasteiger partial charge in [-0.1, -0.05) is 0 Å². The van der Waals surface area contributed by atoms with E-state index < -0.39 is 5.97 Å². The smallest absolute Gasteiger partial charge is 0.356 e. The lowest BCUT2D eigenvalue weighted by atomic mass is 10.1. The summed E-state index contributed by atoms with van der Waals surface area (Å²) in [6.45, 7) is 2.54. The van der Waals surface area contributed by atoms with Gasteiger partial charge in [0.2, 0.25) is 0 Å². The Kier molecular flexibility index (Phi) is 2.64. The highest BCUT2D eigenvalue weighted by atomic mass is 16.5. The zero-order chi connectivity index (χ0) is 11.7. The zero-order valence-corrected chi connectivity index (χ0v) is 8.84. The Labute approximate surface area is 91.8 Å². The van der Waals surface area contributed by atoms with Crippen LogP contribution < -0.4 is 0 Å². The monoisotopic (exact) mass is 224 g/mol. The van der Waals surface area contributed by atoms with Crippen LogP contribution in [0.5, 0.6) is 0 Å². The molecule has 1 aliphatic rings. The molecule has 86 valence electrons. The van der Waals surface area contributed by atoms with Gasteiger partial charge in [0, 0.05) is 13.0 Å². The van der Waals surface area contributed by atoms with Gasteiger partial charge in [-0.25, -0.2) is 9.78 Å². The molecule has 2 heterocycles. The molecule has 0 radical (unpaired) electrons. The Morgan fingerprint density at radius 3 is 3.06 bits per heavy atom. The first kappa shape index (κ1) is 10.7. The summed E-state index contributed by atoms with van der Waals surface area (Å²) in [6.07, 6.45) is 1.85. The molecular weight excluding hydrogens is 212 g/mol. The summed E-state index contributed by atoms with van der Waals surface area (Å²) in [5.41, 5.74) is 0.636. The number of rotatable bonds is 3. The second kappa shape index (κ2) is 3.96. The van der Waals surface area contributed by atoms with Crippen molar-refractivity contribution in [1.29, 1.82) is 0 Å². The number of carboxylic acids is 1. The van der Waals surface area contributed by atoms with E-state index in [-0.39, 0.29) is 17.6 Å². The summed E-state index contributed by atoms with van der Waals surface area (Å²) in [7, 11) is 0. The summed E-state index contributed by atoms with van der Waals surface area (Å²) < 4.78 is 6.61. The van der Waals surface area contributed by atoms with E-state index in [1.54, 1.807) is 11.5 Å². The molecule has 1 unspecified atom stereocenters. The van der Waals surface area contributed by atoms with E-state index in [2.05, 4.69) is 4.98 Å². The van der Waals surface area contributed by atoms with Crippen molar-refractivity contribution in [2.24, 2.45) is 5.92 Å². The molecule has 0 aromatic carbocycles. The van der Waals surface area contributed by atoms with Crippen LogP contribution in [0.3, 0.4) is 0 Å². The number of esters is 1. The van der Waals surface area contributed by atoms with E-state index in [0.29, 0.717) is 25.3 Å². The highest BCUT2D eigenvalue weighted by molar-refractivity contribution is 5.87. The normalized spacial score (nSPS) is 18.2. The van der Waals surface area contributed by atoms with E-state index in [4.69, 9.17) is 9.84 Å². The molecule has 6 heteroatoms. The highest BCUT2D eigenvalue weighted by Gasteiger charge is 2.32. The number of carboxylic acid groups (broad SMARTS) is 1. The lowest BCUT2D eigenvalue weighted by Gasteiger charge is -2.07. The Bertz CT molecular complexity index is 438. The number of hydrogen-bond acceptors (Lipinski definition) is 4. The van der Waals surface area contributed by atoms with Gasteiger partial charge in [0.05, 0.1) is 24.5 Å². The van der Waals surface area contributed by atoms with Gasteiger partial charge in [-0.3, -0.25) is 4.79 Å². The average Bonchev–Trinajstić information content (AvgIpc) is 2.74. The summed E-state index contributed by atoms with van der Waals surface area (Å²) in [5, 5.41) is 8.87. The third-order valence-electron chi connectivity index (χ3n) is 2.63. The van der Waals surface area contributed by atoms with Crippen LogP contribution in [-0.2, 0) is 22.5 Å². The van der Waals surface area contributed by atoms with Crippen LogP contribution in [0.4, 0.5) is 0 Å². The molecule has 1 atom stereocenters. The van der Waals surface area contributed by atoms with Crippen LogP contribution in [0, 0.1) is 5.92 Å². The standard InChI is InChI=1S/C10H12N2O4/c1-2-16-10(15)6-3-7-8(9(13)14)11-5-12(7)4-6/h5-6H,2-4H2,1H3,(H,13,14). The molecule has 1 aromatic heterocycles. The fourth-order valence-corrected chi connectivity index (χ4v) is 1.91. The van der Waals surface area contributed by atoms with Crippen molar-refractivity contribution in [3.05, 3.63) is 17.7 Å². The van der Waals surface area contributed by atoms with Gasteiger partial charge in [-0.2, -0.15) is 0 Å². The maximum Gasteiger partial charge on any atom is 0.356 e. The number of fused-ring (bicyclic) bond motifs is 1. The van der Waals surface area contributed by atoms with Gasteiger partial charge in [0.1, 0.15) is 0 Å². The molecule has 6 nitrogen and oxygen atoms in total. The average molecular weight is 224 g/mol. The lowest BCUT2D eigenvalue weighted by Crippen LogP contribution is -2.19. The van der Waals surface area contributed by atoms with Gasteiger partial charge in [0.15, 0.2) is 5.69 Å². The number of carbonyl (C=O) groups excluding carboxylic acids is 1. The van der Waals surface area contributed by atoms with Crippen LogP contribution in [0.2, 0.25) is 0 Å². The predicted octanol–water partition coefficient (Wildman–Crippen LogP) is 0.317. The van der Waals surface area contributed by atoms with Gasteiger partial charge in [-0.05, 0) is 6.92 Å². The molecule has 0 bridgehead atoms. The maximum absolute atomic E-state index is 11.5. The SMILES string of the molecule is CCOC(=O)C1Cc2c(C(=O)O)ncn2C1. The second-order valence-electron chi connectivity index (χ2n) is 3.65. The summed E-state index contributed by atoms with van der Waals surface area (Å²) in [5.74, 6) is -1.61. The first-order valence-electron chi connectivity index (χ1n) is 5.07. The number of imidazole rings is 1. The first-order chi connectivity index (χ1) is 7.63. The molecule has 0 aliphatic carbocycles. The van der Waals surface area contributed by atoms with E-state index in [9.17, 15) is 9.59 Å². The number of ether oxygens (including phenoxy) is 1. The minimum absolute atomic E-state index is 0.0341. The number of nitrogens with zero attached hydrogens (tertiary/aromatic N) is 2. The first-order valence-corrected chi connectivity index (χ1v) is 5.07. The van der Waals surface area contributed by atoms with E-state index >= 15 is 0 Å². The molecule has 1 aliphatic heterocycles. The molecule has 16 heavy (non-hydrogen) atoms. The number of carbonyl (C=O) groups is 2. The molecule has 2 rings (SSSR count). The minimum atomic E-state index is -1.06.